The molecule has 30 heavy (non-hydrogen) atoms. The summed E-state index contributed by atoms with van der Waals surface area (Å²) in [6.45, 7) is 4.43. The van der Waals surface area contributed by atoms with Crippen LogP contribution < -0.4 is 14.2 Å². The molecule has 0 aliphatic rings. The van der Waals surface area contributed by atoms with Crippen LogP contribution in [0.5, 0.6) is 17.2 Å². The number of hydrogen-bond acceptors (Lipinski definition) is 4. The lowest BCUT2D eigenvalue weighted by Gasteiger charge is -2.15. The topological polar surface area (TPSA) is 44.8 Å². The molecule has 0 saturated carbocycles. The first-order chi connectivity index (χ1) is 14.5. The van der Waals surface area contributed by atoms with Gasteiger partial charge in [-0.2, -0.15) is 0 Å². The summed E-state index contributed by atoms with van der Waals surface area (Å²) in [7, 11) is 3.19. The SMILES string of the molecule is COc1ccc(C(=O)CCc2ccc(C)cc2OCc2ccccc2)c(OC)c1C. The summed E-state index contributed by atoms with van der Waals surface area (Å²) in [4.78, 5) is 12.9. The number of Topliss-reactive ketones (excluding diaryl/α,β-unsaturated/α-hetero) is 1. The Morgan fingerprint density at radius 3 is 2.33 bits per heavy atom. The monoisotopic (exact) mass is 404 g/mol. The van der Waals surface area contributed by atoms with Crippen molar-refractivity contribution in [2.45, 2.75) is 33.3 Å². The van der Waals surface area contributed by atoms with Crippen LogP contribution in [-0.4, -0.2) is 20.0 Å². The summed E-state index contributed by atoms with van der Waals surface area (Å²) in [5.74, 6) is 2.14. The van der Waals surface area contributed by atoms with Crippen LogP contribution in [0.25, 0.3) is 0 Å². The van der Waals surface area contributed by atoms with E-state index in [0.29, 0.717) is 36.5 Å². The molecule has 4 nitrogen and oxygen atoms in total. The van der Waals surface area contributed by atoms with E-state index in [1.807, 2.05) is 68.4 Å². The molecule has 156 valence electrons. The van der Waals surface area contributed by atoms with E-state index in [1.165, 1.54) is 0 Å². The summed E-state index contributed by atoms with van der Waals surface area (Å²) in [6, 6.07) is 19.8. The fraction of sp³-hybridized carbons (Fsp3) is 0.269. The summed E-state index contributed by atoms with van der Waals surface area (Å²) in [5.41, 5.74) is 4.66. The molecule has 0 bridgehead atoms. The van der Waals surface area contributed by atoms with Gasteiger partial charge in [-0.05, 0) is 55.2 Å². The molecule has 0 saturated heterocycles. The van der Waals surface area contributed by atoms with E-state index in [-0.39, 0.29) is 5.78 Å². The lowest BCUT2D eigenvalue weighted by molar-refractivity contribution is 0.0979. The number of ether oxygens (including phenoxy) is 3. The van der Waals surface area contributed by atoms with Crippen molar-refractivity contribution in [1.29, 1.82) is 0 Å². The van der Waals surface area contributed by atoms with Gasteiger partial charge in [-0.25, -0.2) is 0 Å². The molecule has 4 heteroatoms. The van der Waals surface area contributed by atoms with Crippen molar-refractivity contribution in [1.82, 2.24) is 0 Å². The largest absolute Gasteiger partial charge is 0.496 e. The molecule has 0 unspecified atom stereocenters. The average molecular weight is 405 g/mol. The number of rotatable bonds is 9. The zero-order valence-electron chi connectivity index (χ0n) is 18.0. The second-order valence-electron chi connectivity index (χ2n) is 7.28. The van der Waals surface area contributed by atoms with Crippen LogP contribution in [0.2, 0.25) is 0 Å². The van der Waals surface area contributed by atoms with E-state index >= 15 is 0 Å². The Kier molecular flexibility index (Phi) is 7.12. The number of benzene rings is 3. The summed E-state index contributed by atoms with van der Waals surface area (Å²) in [6.07, 6.45) is 0.963. The molecule has 3 aromatic rings. The normalized spacial score (nSPS) is 10.5. The quantitative estimate of drug-likeness (QED) is 0.428. The van der Waals surface area contributed by atoms with Gasteiger partial charge in [0.15, 0.2) is 5.78 Å². The Hall–Kier alpha value is -3.27. The predicted molar refractivity (Wildman–Crippen MR) is 119 cm³/mol. The summed E-state index contributed by atoms with van der Waals surface area (Å²) in [5, 5.41) is 0. The van der Waals surface area contributed by atoms with Crippen molar-refractivity contribution in [2.24, 2.45) is 0 Å². The van der Waals surface area contributed by atoms with Crippen LogP contribution in [0.1, 0.15) is 39.0 Å². The second-order valence-corrected chi connectivity index (χ2v) is 7.28. The van der Waals surface area contributed by atoms with Crippen LogP contribution in [0.3, 0.4) is 0 Å². The molecule has 0 aliphatic carbocycles. The first kappa shape index (κ1) is 21.4. The van der Waals surface area contributed by atoms with Gasteiger partial charge in [-0.1, -0.05) is 42.5 Å². The third-order valence-electron chi connectivity index (χ3n) is 5.16. The third kappa shape index (κ3) is 5.01. The van der Waals surface area contributed by atoms with Crippen LogP contribution in [0.4, 0.5) is 0 Å². The number of carbonyl (C=O) groups excluding carboxylic acids is 1. The molecule has 0 aromatic heterocycles. The first-order valence-corrected chi connectivity index (χ1v) is 10.0. The van der Waals surface area contributed by atoms with Gasteiger partial charge in [0.2, 0.25) is 0 Å². The van der Waals surface area contributed by atoms with Crippen molar-refractivity contribution in [3.63, 3.8) is 0 Å². The Labute approximate surface area is 178 Å². The van der Waals surface area contributed by atoms with Crippen LogP contribution in [-0.2, 0) is 13.0 Å². The highest BCUT2D eigenvalue weighted by molar-refractivity contribution is 5.99. The number of hydrogen-bond donors (Lipinski definition) is 0. The molecule has 0 amide bonds. The standard InChI is InChI=1S/C26H28O4/c1-18-10-11-21(25(16-18)30-17-20-8-6-5-7-9-20)12-14-23(27)22-13-15-24(28-3)19(2)26(22)29-4/h5-11,13,15-16H,12,14,17H2,1-4H3. The zero-order valence-corrected chi connectivity index (χ0v) is 18.0. The Balaban J connectivity index is 1.74. The van der Waals surface area contributed by atoms with E-state index in [4.69, 9.17) is 14.2 Å². The van der Waals surface area contributed by atoms with Gasteiger partial charge in [-0.3, -0.25) is 4.79 Å². The Morgan fingerprint density at radius 1 is 0.867 bits per heavy atom. The van der Waals surface area contributed by atoms with Crippen molar-refractivity contribution in [3.8, 4) is 17.2 Å². The van der Waals surface area contributed by atoms with Crippen molar-refractivity contribution >= 4 is 5.78 Å². The number of carbonyl (C=O) groups is 1. The average Bonchev–Trinajstić information content (AvgIpc) is 2.77. The first-order valence-electron chi connectivity index (χ1n) is 10.0. The van der Waals surface area contributed by atoms with Crippen LogP contribution >= 0.6 is 0 Å². The van der Waals surface area contributed by atoms with Gasteiger partial charge in [0.05, 0.1) is 19.8 Å². The highest BCUT2D eigenvalue weighted by Gasteiger charge is 2.18. The minimum atomic E-state index is 0.0344. The predicted octanol–water partition coefficient (Wildman–Crippen LogP) is 5.72. The van der Waals surface area contributed by atoms with Crippen molar-refractivity contribution in [2.75, 3.05) is 14.2 Å². The lowest BCUT2D eigenvalue weighted by atomic mass is 9.98. The highest BCUT2D eigenvalue weighted by Crippen LogP contribution is 2.32. The lowest BCUT2D eigenvalue weighted by Crippen LogP contribution is -2.07. The van der Waals surface area contributed by atoms with E-state index in [9.17, 15) is 4.79 Å². The fourth-order valence-electron chi connectivity index (χ4n) is 3.50. The van der Waals surface area contributed by atoms with Crippen molar-refractivity contribution < 1.29 is 19.0 Å². The maximum absolute atomic E-state index is 12.9. The molecule has 0 spiro atoms. The molecule has 0 radical (unpaired) electrons. The maximum atomic E-state index is 12.9. The number of methoxy groups -OCH3 is 2. The fourth-order valence-corrected chi connectivity index (χ4v) is 3.50. The van der Waals surface area contributed by atoms with Gasteiger partial charge >= 0.3 is 0 Å². The van der Waals surface area contributed by atoms with Gasteiger partial charge in [0.25, 0.3) is 0 Å². The van der Waals surface area contributed by atoms with Gasteiger partial charge < -0.3 is 14.2 Å². The molecule has 0 aliphatic heterocycles. The summed E-state index contributed by atoms with van der Waals surface area (Å²) >= 11 is 0. The minimum Gasteiger partial charge on any atom is -0.496 e. The van der Waals surface area contributed by atoms with Gasteiger partial charge in [-0.15, -0.1) is 0 Å². The molecule has 3 rings (SSSR count). The number of ketones is 1. The summed E-state index contributed by atoms with van der Waals surface area (Å²) < 4.78 is 16.9. The van der Waals surface area contributed by atoms with Gasteiger partial charge in [0.1, 0.15) is 23.9 Å². The highest BCUT2D eigenvalue weighted by atomic mass is 16.5. The molecule has 0 heterocycles. The van der Waals surface area contributed by atoms with E-state index in [0.717, 1.165) is 28.0 Å². The second kappa shape index (κ2) is 9.97. The molecular weight excluding hydrogens is 376 g/mol. The smallest absolute Gasteiger partial charge is 0.166 e. The zero-order chi connectivity index (χ0) is 21.5. The van der Waals surface area contributed by atoms with Gasteiger partial charge in [0, 0.05) is 12.0 Å². The van der Waals surface area contributed by atoms with E-state index < -0.39 is 0 Å². The van der Waals surface area contributed by atoms with E-state index in [2.05, 4.69) is 0 Å². The number of aryl methyl sites for hydroxylation is 2. The molecule has 3 aromatic carbocycles. The Morgan fingerprint density at radius 2 is 1.63 bits per heavy atom. The molecule has 0 N–H and O–H groups in total. The Bertz CT molecular complexity index is 1010. The molecular formula is C26H28O4. The third-order valence-corrected chi connectivity index (χ3v) is 5.16. The molecule has 0 fully saturated rings. The van der Waals surface area contributed by atoms with E-state index in [1.54, 1.807) is 20.3 Å². The van der Waals surface area contributed by atoms with Crippen LogP contribution in [0, 0.1) is 13.8 Å². The van der Waals surface area contributed by atoms with Crippen LogP contribution in [0.15, 0.2) is 60.7 Å². The van der Waals surface area contributed by atoms with Crippen molar-refractivity contribution in [3.05, 3.63) is 88.5 Å². The minimum absolute atomic E-state index is 0.0344. The molecule has 0 atom stereocenters. The maximum Gasteiger partial charge on any atom is 0.166 e.